The van der Waals surface area contributed by atoms with Crippen LogP contribution in [0.2, 0.25) is 5.02 Å². The molecular weight excluding hydrogens is 264 g/mol. The molecule has 0 saturated carbocycles. The van der Waals surface area contributed by atoms with Crippen molar-refractivity contribution in [3.8, 4) is 5.75 Å². The molecule has 2 aromatic carbocycles. The third-order valence-corrected chi connectivity index (χ3v) is 2.99. The predicted molar refractivity (Wildman–Crippen MR) is 76.9 cm³/mol. The number of hydrogen-bond donors (Lipinski definition) is 3. The summed E-state index contributed by atoms with van der Waals surface area (Å²) in [7, 11) is 0. The van der Waals surface area contributed by atoms with Crippen molar-refractivity contribution in [1.29, 1.82) is 0 Å². The number of rotatable bonds is 2. The minimum Gasteiger partial charge on any atom is -0.506 e. The lowest BCUT2D eigenvalue weighted by Gasteiger charge is -2.09. The molecule has 4 nitrogen and oxygen atoms in total. The molecule has 0 unspecified atom stereocenters. The summed E-state index contributed by atoms with van der Waals surface area (Å²) in [5, 5.41) is 15.3. The molecule has 0 aromatic heterocycles. The summed E-state index contributed by atoms with van der Waals surface area (Å²) in [5.74, 6) is 0.0135. The first-order chi connectivity index (χ1) is 9.06. The van der Waals surface area contributed by atoms with Gasteiger partial charge in [-0.25, -0.2) is 4.79 Å². The molecule has 0 radical (unpaired) electrons. The largest absolute Gasteiger partial charge is 0.506 e. The van der Waals surface area contributed by atoms with Gasteiger partial charge >= 0.3 is 6.03 Å². The fourth-order valence-electron chi connectivity index (χ4n) is 1.53. The van der Waals surface area contributed by atoms with E-state index in [2.05, 4.69) is 10.6 Å². The number of carbonyl (C=O) groups excluding carboxylic acids is 1. The van der Waals surface area contributed by atoms with E-state index in [4.69, 9.17) is 11.6 Å². The van der Waals surface area contributed by atoms with Gasteiger partial charge in [0.1, 0.15) is 5.75 Å². The Bertz CT molecular complexity index is 614. The van der Waals surface area contributed by atoms with Gasteiger partial charge in [-0.1, -0.05) is 29.8 Å². The molecule has 0 fully saturated rings. The highest BCUT2D eigenvalue weighted by Gasteiger charge is 2.06. The molecule has 19 heavy (non-hydrogen) atoms. The van der Waals surface area contributed by atoms with Gasteiger partial charge in [0.2, 0.25) is 0 Å². The summed E-state index contributed by atoms with van der Waals surface area (Å²) >= 11 is 5.97. The zero-order valence-electron chi connectivity index (χ0n) is 10.3. The van der Waals surface area contributed by atoms with Crippen LogP contribution in [0.1, 0.15) is 5.56 Å². The van der Waals surface area contributed by atoms with Crippen LogP contribution in [-0.2, 0) is 0 Å². The van der Waals surface area contributed by atoms with Crippen molar-refractivity contribution in [3.63, 3.8) is 0 Å². The molecule has 2 aromatic rings. The maximum absolute atomic E-state index is 11.8. The van der Waals surface area contributed by atoms with E-state index in [9.17, 15) is 9.90 Å². The lowest BCUT2D eigenvalue weighted by Crippen LogP contribution is -2.19. The van der Waals surface area contributed by atoms with Crippen molar-refractivity contribution in [1.82, 2.24) is 0 Å². The minimum absolute atomic E-state index is 0.0135. The average molecular weight is 277 g/mol. The molecule has 2 rings (SSSR count). The first-order valence-corrected chi connectivity index (χ1v) is 6.06. The highest BCUT2D eigenvalue weighted by atomic mass is 35.5. The SMILES string of the molecule is Cc1ccc(NC(=O)Nc2ccccc2O)cc1Cl. The summed E-state index contributed by atoms with van der Waals surface area (Å²) < 4.78 is 0. The number of phenols is 1. The lowest BCUT2D eigenvalue weighted by molar-refractivity contribution is 0.262. The molecule has 0 atom stereocenters. The van der Waals surface area contributed by atoms with Crippen LogP contribution in [0.25, 0.3) is 0 Å². The maximum Gasteiger partial charge on any atom is 0.323 e. The topological polar surface area (TPSA) is 61.4 Å². The van der Waals surface area contributed by atoms with Crippen LogP contribution < -0.4 is 10.6 Å². The minimum atomic E-state index is -0.443. The Balaban J connectivity index is 2.05. The number of aryl methyl sites for hydroxylation is 1. The van der Waals surface area contributed by atoms with Gasteiger partial charge in [0.25, 0.3) is 0 Å². The van der Waals surface area contributed by atoms with Crippen molar-refractivity contribution in [2.45, 2.75) is 6.92 Å². The number of hydrogen-bond acceptors (Lipinski definition) is 2. The molecule has 3 N–H and O–H groups in total. The Labute approximate surface area is 116 Å². The zero-order chi connectivity index (χ0) is 13.8. The molecular formula is C14H13ClN2O2. The smallest absolute Gasteiger partial charge is 0.323 e. The molecule has 0 bridgehead atoms. The van der Waals surface area contributed by atoms with Gasteiger partial charge < -0.3 is 15.7 Å². The highest BCUT2D eigenvalue weighted by Crippen LogP contribution is 2.23. The first kappa shape index (κ1) is 13.2. The van der Waals surface area contributed by atoms with Crippen molar-refractivity contribution < 1.29 is 9.90 Å². The van der Waals surface area contributed by atoms with Gasteiger partial charge in [0, 0.05) is 10.7 Å². The van der Waals surface area contributed by atoms with Crippen molar-refractivity contribution in [3.05, 3.63) is 53.1 Å². The molecule has 0 aliphatic rings. The van der Waals surface area contributed by atoms with Crippen LogP contribution in [-0.4, -0.2) is 11.1 Å². The number of halogens is 1. The Hall–Kier alpha value is -2.20. The molecule has 0 saturated heterocycles. The fourth-order valence-corrected chi connectivity index (χ4v) is 1.72. The van der Waals surface area contributed by atoms with Crippen molar-refractivity contribution in [2.75, 3.05) is 10.6 Å². The Morgan fingerprint density at radius 2 is 1.89 bits per heavy atom. The quantitative estimate of drug-likeness (QED) is 0.726. The zero-order valence-corrected chi connectivity index (χ0v) is 11.0. The molecule has 0 aliphatic heterocycles. The number of aromatic hydroxyl groups is 1. The van der Waals surface area contributed by atoms with Gasteiger partial charge in [-0.15, -0.1) is 0 Å². The van der Waals surface area contributed by atoms with Crippen LogP contribution in [0.3, 0.4) is 0 Å². The summed E-state index contributed by atoms with van der Waals surface area (Å²) in [6.45, 7) is 1.88. The Kier molecular flexibility index (Phi) is 3.92. The summed E-state index contributed by atoms with van der Waals surface area (Å²) in [6.07, 6.45) is 0. The van der Waals surface area contributed by atoms with E-state index in [1.807, 2.05) is 13.0 Å². The van der Waals surface area contributed by atoms with Gasteiger partial charge in [0.15, 0.2) is 0 Å². The number of anilines is 2. The number of amides is 2. The monoisotopic (exact) mass is 276 g/mol. The molecule has 0 heterocycles. The predicted octanol–water partition coefficient (Wildman–Crippen LogP) is 4.00. The van der Waals surface area contributed by atoms with Gasteiger partial charge in [-0.2, -0.15) is 0 Å². The van der Waals surface area contributed by atoms with E-state index in [0.29, 0.717) is 16.4 Å². The van der Waals surface area contributed by atoms with E-state index in [1.54, 1.807) is 30.3 Å². The van der Waals surface area contributed by atoms with E-state index in [1.165, 1.54) is 6.07 Å². The van der Waals surface area contributed by atoms with E-state index < -0.39 is 6.03 Å². The number of urea groups is 1. The summed E-state index contributed by atoms with van der Waals surface area (Å²) in [4.78, 5) is 11.8. The van der Waals surface area contributed by atoms with Crippen molar-refractivity contribution in [2.24, 2.45) is 0 Å². The maximum atomic E-state index is 11.8. The highest BCUT2D eigenvalue weighted by molar-refractivity contribution is 6.31. The van der Waals surface area contributed by atoms with Crippen LogP contribution >= 0.6 is 11.6 Å². The lowest BCUT2D eigenvalue weighted by atomic mass is 10.2. The van der Waals surface area contributed by atoms with E-state index in [0.717, 1.165) is 5.56 Å². The van der Waals surface area contributed by atoms with Crippen LogP contribution in [0.5, 0.6) is 5.75 Å². The van der Waals surface area contributed by atoms with Crippen LogP contribution in [0.15, 0.2) is 42.5 Å². The fraction of sp³-hybridized carbons (Fsp3) is 0.0714. The Morgan fingerprint density at radius 3 is 2.58 bits per heavy atom. The second-order valence-corrected chi connectivity index (χ2v) is 4.47. The summed E-state index contributed by atoms with van der Waals surface area (Å²) in [6, 6.07) is 11.3. The number of benzene rings is 2. The number of phenolic OH excluding ortho intramolecular Hbond substituents is 1. The Morgan fingerprint density at radius 1 is 1.16 bits per heavy atom. The van der Waals surface area contributed by atoms with E-state index >= 15 is 0 Å². The number of para-hydroxylation sites is 2. The molecule has 98 valence electrons. The molecule has 0 aliphatic carbocycles. The normalized spacial score (nSPS) is 10.0. The molecule has 0 spiro atoms. The third-order valence-electron chi connectivity index (χ3n) is 2.58. The first-order valence-electron chi connectivity index (χ1n) is 5.68. The average Bonchev–Trinajstić information content (AvgIpc) is 2.37. The second kappa shape index (κ2) is 5.63. The standard InChI is InChI=1S/C14H13ClN2O2/c1-9-6-7-10(8-11(9)15)16-14(19)17-12-4-2-3-5-13(12)18/h2-8,18H,1H3,(H2,16,17,19). The van der Waals surface area contributed by atoms with E-state index in [-0.39, 0.29) is 5.75 Å². The van der Waals surface area contributed by atoms with Gasteiger partial charge in [0.05, 0.1) is 5.69 Å². The third kappa shape index (κ3) is 3.39. The molecule has 2 amide bonds. The van der Waals surface area contributed by atoms with Crippen LogP contribution in [0, 0.1) is 6.92 Å². The summed E-state index contributed by atoms with van der Waals surface area (Å²) in [5.41, 5.74) is 1.87. The number of carbonyl (C=O) groups is 1. The number of nitrogens with one attached hydrogen (secondary N) is 2. The van der Waals surface area contributed by atoms with Crippen molar-refractivity contribution >= 4 is 29.0 Å². The van der Waals surface area contributed by atoms with Crippen LogP contribution in [0.4, 0.5) is 16.2 Å². The molecule has 5 heteroatoms. The van der Waals surface area contributed by atoms with Gasteiger partial charge in [-0.05, 0) is 36.8 Å². The second-order valence-electron chi connectivity index (χ2n) is 4.06. The van der Waals surface area contributed by atoms with Gasteiger partial charge in [-0.3, -0.25) is 0 Å².